The third-order valence-electron chi connectivity index (χ3n) is 6.65. The van der Waals surface area contributed by atoms with Crippen molar-refractivity contribution in [2.24, 2.45) is 11.8 Å². The Balaban J connectivity index is 1.85. The number of nitrogens with zero attached hydrogens (tertiary/aromatic N) is 2. The topological polar surface area (TPSA) is 122 Å². The van der Waals surface area contributed by atoms with Crippen molar-refractivity contribution in [2.75, 3.05) is 13.1 Å². The number of oxazole rings is 1. The predicted molar refractivity (Wildman–Crippen MR) is 139 cm³/mol. The molecule has 0 spiro atoms. The molecule has 9 nitrogen and oxygen atoms in total. The molecule has 2 bridgehead atoms. The van der Waals surface area contributed by atoms with E-state index in [1.54, 1.807) is 25.2 Å². The minimum Gasteiger partial charge on any atom is -0.460 e. The molecule has 2 N–H and O–H groups in total. The average molecular weight is 532 g/mol. The summed E-state index contributed by atoms with van der Waals surface area (Å²) in [5.74, 6) is -1.68. The van der Waals surface area contributed by atoms with Gasteiger partial charge in [0, 0.05) is 31.8 Å². The third kappa shape index (κ3) is 8.11. The Morgan fingerprint density at radius 3 is 2.74 bits per heavy atom. The van der Waals surface area contributed by atoms with Gasteiger partial charge in [0.1, 0.15) is 24.1 Å². The zero-order chi connectivity index (χ0) is 27.8. The van der Waals surface area contributed by atoms with Crippen molar-refractivity contribution in [3.05, 3.63) is 53.8 Å². The van der Waals surface area contributed by atoms with Crippen LogP contribution < -0.4 is 5.32 Å². The highest BCUT2D eigenvalue weighted by molar-refractivity contribution is 5.93. The van der Waals surface area contributed by atoms with Crippen LogP contribution in [0.3, 0.4) is 0 Å². The zero-order valence-electron chi connectivity index (χ0n) is 22.4. The van der Waals surface area contributed by atoms with E-state index in [4.69, 9.17) is 9.15 Å². The van der Waals surface area contributed by atoms with Crippen LogP contribution in [0.25, 0.3) is 0 Å². The number of hydrogen-bond acceptors (Lipinski definition) is 7. The number of carbonyl (C=O) groups excluding carboxylic acids is 3. The summed E-state index contributed by atoms with van der Waals surface area (Å²) in [5, 5.41) is 13.0. The molecule has 0 saturated carbocycles. The SMILES string of the molecule is CC1=C\[C@@H](O)C[C@@H](F)Cc2cnc(o2)C(=O)N2CCC[C@@H]2C(=O)O[C@H](C(C)C)[C@H](C)/C=C/C(=O)NC\C=C\1. The van der Waals surface area contributed by atoms with E-state index < -0.39 is 36.3 Å². The maximum absolute atomic E-state index is 14.6. The van der Waals surface area contributed by atoms with Crippen LogP contribution in [-0.2, 0) is 20.7 Å². The molecule has 1 saturated heterocycles. The molecule has 0 aliphatic carbocycles. The van der Waals surface area contributed by atoms with Gasteiger partial charge in [-0.3, -0.25) is 9.59 Å². The zero-order valence-corrected chi connectivity index (χ0v) is 22.4. The first-order valence-electron chi connectivity index (χ1n) is 13.1. The Morgan fingerprint density at radius 2 is 2.00 bits per heavy atom. The van der Waals surface area contributed by atoms with E-state index >= 15 is 0 Å². The lowest BCUT2D eigenvalue weighted by molar-refractivity contribution is -0.158. The van der Waals surface area contributed by atoms with E-state index in [9.17, 15) is 23.9 Å². The Kier molecular flexibility index (Phi) is 10.4. The molecule has 2 aliphatic rings. The standard InChI is InChI=1S/C28H38FN3O6/c1-17(2)25-19(4)9-10-24(34)30-11-5-7-18(3)13-21(33)14-20(29)15-22-16-31-26(37-22)27(35)32-12-6-8-23(32)28(36)38-25/h5,7,9-10,13,16-17,19-21,23,25,33H,6,8,11-12,14-15H2,1-4H3,(H,30,34)/b7-5+,10-9+,18-13+/t19-,20-,21-,23-,25-/m1/s1. The van der Waals surface area contributed by atoms with Gasteiger partial charge in [0.2, 0.25) is 5.91 Å². The molecule has 1 fully saturated rings. The summed E-state index contributed by atoms with van der Waals surface area (Å²) in [6.45, 7) is 8.10. The number of fused-ring (bicyclic) bond motifs is 3. The van der Waals surface area contributed by atoms with Crippen LogP contribution in [0, 0.1) is 11.8 Å². The van der Waals surface area contributed by atoms with Gasteiger partial charge in [0.15, 0.2) is 0 Å². The number of amides is 2. The Labute approximate surface area is 222 Å². The number of ether oxygens (including phenoxy) is 1. The Bertz CT molecular complexity index is 1080. The summed E-state index contributed by atoms with van der Waals surface area (Å²) in [7, 11) is 0. The number of aromatic nitrogens is 1. The fraction of sp³-hybridized carbons (Fsp3) is 0.571. The molecule has 3 heterocycles. The van der Waals surface area contributed by atoms with Gasteiger partial charge in [-0.25, -0.2) is 14.2 Å². The summed E-state index contributed by atoms with van der Waals surface area (Å²) in [5.41, 5.74) is 0.718. The lowest BCUT2D eigenvalue weighted by Gasteiger charge is -2.29. The second kappa shape index (κ2) is 13.5. The van der Waals surface area contributed by atoms with Crippen molar-refractivity contribution in [1.29, 1.82) is 0 Å². The maximum Gasteiger partial charge on any atom is 0.329 e. The molecule has 208 valence electrons. The first-order valence-corrected chi connectivity index (χ1v) is 13.1. The molecular weight excluding hydrogens is 493 g/mol. The molecular formula is C28H38FN3O6. The van der Waals surface area contributed by atoms with Crippen molar-refractivity contribution in [3.8, 4) is 0 Å². The molecule has 38 heavy (non-hydrogen) atoms. The highest BCUT2D eigenvalue weighted by Gasteiger charge is 2.39. The number of esters is 1. The van der Waals surface area contributed by atoms with Crippen molar-refractivity contribution in [1.82, 2.24) is 15.2 Å². The number of halogens is 1. The van der Waals surface area contributed by atoms with Crippen molar-refractivity contribution in [3.63, 3.8) is 0 Å². The third-order valence-corrected chi connectivity index (χ3v) is 6.65. The summed E-state index contributed by atoms with van der Waals surface area (Å²) >= 11 is 0. The smallest absolute Gasteiger partial charge is 0.329 e. The van der Waals surface area contributed by atoms with Gasteiger partial charge in [0.25, 0.3) is 5.89 Å². The molecule has 2 amide bonds. The van der Waals surface area contributed by atoms with E-state index in [2.05, 4.69) is 10.3 Å². The van der Waals surface area contributed by atoms with Gasteiger partial charge in [-0.1, -0.05) is 50.6 Å². The summed E-state index contributed by atoms with van der Waals surface area (Å²) in [6, 6.07) is -0.786. The van der Waals surface area contributed by atoms with E-state index in [1.807, 2.05) is 20.8 Å². The van der Waals surface area contributed by atoms with E-state index in [-0.39, 0.29) is 48.8 Å². The number of carbonyl (C=O) groups is 3. The summed E-state index contributed by atoms with van der Waals surface area (Å²) in [4.78, 5) is 43.9. The highest BCUT2D eigenvalue weighted by atomic mass is 19.1. The van der Waals surface area contributed by atoms with Crippen molar-refractivity contribution < 1.29 is 33.0 Å². The Morgan fingerprint density at radius 1 is 1.24 bits per heavy atom. The molecule has 0 radical (unpaired) electrons. The van der Waals surface area contributed by atoms with Crippen LogP contribution in [0.4, 0.5) is 4.39 Å². The molecule has 5 atom stereocenters. The Hall–Kier alpha value is -3.27. The summed E-state index contributed by atoms with van der Waals surface area (Å²) in [6.07, 6.45) is 7.21. The molecule has 10 heteroatoms. The number of cyclic esters (lactones) is 1. The van der Waals surface area contributed by atoms with Gasteiger partial charge < -0.3 is 24.5 Å². The van der Waals surface area contributed by atoms with Crippen LogP contribution in [0.15, 0.2) is 46.6 Å². The molecule has 0 unspecified atom stereocenters. The largest absolute Gasteiger partial charge is 0.460 e. The first kappa shape index (κ1) is 29.3. The predicted octanol–water partition coefficient (Wildman–Crippen LogP) is 3.30. The number of aliphatic hydroxyl groups excluding tert-OH is 1. The fourth-order valence-electron chi connectivity index (χ4n) is 4.74. The van der Waals surface area contributed by atoms with Gasteiger partial charge in [0.05, 0.1) is 12.3 Å². The number of nitrogens with one attached hydrogen (secondary N) is 1. The van der Waals surface area contributed by atoms with Crippen molar-refractivity contribution in [2.45, 2.75) is 77.8 Å². The number of aliphatic hydroxyl groups is 1. The lowest BCUT2D eigenvalue weighted by atomic mass is 9.94. The molecule has 1 aromatic heterocycles. The van der Waals surface area contributed by atoms with Crippen molar-refractivity contribution >= 4 is 17.8 Å². The fourth-order valence-corrected chi connectivity index (χ4v) is 4.74. The second-order valence-electron chi connectivity index (χ2n) is 10.3. The molecule has 0 aromatic carbocycles. The maximum atomic E-state index is 14.6. The van der Waals surface area contributed by atoms with Crippen LogP contribution in [0.2, 0.25) is 0 Å². The van der Waals surface area contributed by atoms with Gasteiger partial charge >= 0.3 is 11.9 Å². The molecule has 3 rings (SSSR count). The molecule has 2 aliphatic heterocycles. The van der Waals surface area contributed by atoms with Gasteiger partial charge in [-0.15, -0.1) is 0 Å². The molecule has 1 aromatic rings. The normalized spacial score (nSPS) is 31.7. The lowest BCUT2D eigenvalue weighted by Crippen LogP contribution is -2.44. The van der Waals surface area contributed by atoms with E-state index in [1.165, 1.54) is 23.2 Å². The summed E-state index contributed by atoms with van der Waals surface area (Å²) < 4.78 is 26.0. The van der Waals surface area contributed by atoms with Crippen LogP contribution in [-0.4, -0.2) is 70.3 Å². The average Bonchev–Trinajstić information content (AvgIpc) is 3.52. The number of alkyl halides is 1. The quantitative estimate of drug-likeness (QED) is 0.533. The first-order chi connectivity index (χ1) is 18.0. The number of allylic oxidation sites excluding steroid dienone is 2. The van der Waals surface area contributed by atoms with E-state index in [0.717, 1.165) is 5.57 Å². The minimum absolute atomic E-state index is 0.0299. The van der Waals surface area contributed by atoms with Crippen LogP contribution >= 0.6 is 0 Å². The second-order valence-corrected chi connectivity index (χ2v) is 10.3. The van der Waals surface area contributed by atoms with Gasteiger partial charge in [-0.05, 0) is 31.8 Å². The van der Waals surface area contributed by atoms with Crippen LogP contribution in [0.5, 0.6) is 0 Å². The minimum atomic E-state index is -1.42. The van der Waals surface area contributed by atoms with Gasteiger partial charge in [-0.2, -0.15) is 0 Å². The number of rotatable bonds is 1. The van der Waals surface area contributed by atoms with E-state index in [0.29, 0.717) is 19.4 Å². The highest BCUT2D eigenvalue weighted by Crippen LogP contribution is 2.25. The monoisotopic (exact) mass is 531 g/mol. The van der Waals surface area contributed by atoms with Crippen LogP contribution in [0.1, 0.15) is 63.4 Å². The number of hydrogen-bond donors (Lipinski definition) is 2.